The molecule has 7 rings (SSSR count). The summed E-state index contributed by atoms with van der Waals surface area (Å²) < 4.78 is 14.9. The summed E-state index contributed by atoms with van der Waals surface area (Å²) in [4.78, 5) is 50.3. The second-order valence-corrected chi connectivity index (χ2v) is 15.7. The van der Waals surface area contributed by atoms with Crippen LogP contribution in [0.5, 0.6) is 0 Å². The Hall–Kier alpha value is -4.94. The number of esters is 1. The van der Waals surface area contributed by atoms with E-state index >= 15 is 0 Å². The van der Waals surface area contributed by atoms with Gasteiger partial charge in [0.15, 0.2) is 10.8 Å². The summed E-state index contributed by atoms with van der Waals surface area (Å²) in [5.74, 6) is -0.123. The van der Waals surface area contributed by atoms with Crippen LogP contribution in [0, 0.1) is 6.92 Å². The fourth-order valence-electron chi connectivity index (χ4n) is 7.30. The summed E-state index contributed by atoms with van der Waals surface area (Å²) in [6.45, 7) is 9.16. The molecule has 1 aliphatic heterocycles. The molecule has 4 heterocycles. The highest BCUT2D eigenvalue weighted by Gasteiger charge is 2.35. The molecule has 0 radical (unpaired) electrons. The number of para-hydroxylation sites is 1. The molecule has 1 fully saturated rings. The van der Waals surface area contributed by atoms with Gasteiger partial charge in [-0.3, -0.25) is 14.8 Å². The van der Waals surface area contributed by atoms with E-state index in [4.69, 9.17) is 19.6 Å². The summed E-state index contributed by atoms with van der Waals surface area (Å²) >= 11 is 1.44. The van der Waals surface area contributed by atoms with Crippen molar-refractivity contribution in [2.75, 3.05) is 23.4 Å². The summed E-state index contributed by atoms with van der Waals surface area (Å²) in [5.41, 5.74) is 4.74. The predicted molar refractivity (Wildman–Crippen MR) is 202 cm³/mol. The number of nitrogens with one attached hydrogen (secondary N) is 1. The zero-order valence-electron chi connectivity index (χ0n) is 30.1. The average molecular weight is 721 g/mol. The van der Waals surface area contributed by atoms with Gasteiger partial charge in [-0.15, -0.1) is 0 Å². The van der Waals surface area contributed by atoms with Crippen molar-refractivity contribution in [1.29, 1.82) is 0 Å². The molecule has 0 atom stereocenters. The molecule has 11 nitrogen and oxygen atoms in total. The van der Waals surface area contributed by atoms with Crippen LogP contribution in [-0.2, 0) is 33.8 Å². The molecule has 2 aliphatic rings. The van der Waals surface area contributed by atoms with Gasteiger partial charge in [-0.25, -0.2) is 14.8 Å². The number of hydrogen-bond donors (Lipinski definition) is 1. The lowest BCUT2D eigenvalue weighted by atomic mass is 9.84. The van der Waals surface area contributed by atoms with Crippen molar-refractivity contribution in [3.8, 4) is 11.1 Å². The molecule has 0 saturated heterocycles. The van der Waals surface area contributed by atoms with Crippen LogP contribution in [-0.4, -0.2) is 62.3 Å². The first-order valence-electron chi connectivity index (χ1n) is 17.9. The Morgan fingerprint density at radius 2 is 1.81 bits per heavy atom. The molecule has 1 amide bonds. The van der Waals surface area contributed by atoms with Crippen LogP contribution in [0.25, 0.3) is 21.3 Å². The number of pyridine rings is 1. The molecule has 0 unspecified atom stereocenters. The summed E-state index contributed by atoms with van der Waals surface area (Å²) in [5, 5.41) is 8.30. The van der Waals surface area contributed by atoms with Crippen molar-refractivity contribution in [2.45, 2.75) is 90.5 Å². The third kappa shape index (κ3) is 7.49. The molecule has 3 aromatic heterocycles. The Labute approximate surface area is 307 Å². The molecule has 12 heteroatoms. The monoisotopic (exact) mass is 720 g/mol. The Bertz CT molecular complexity index is 2090. The van der Waals surface area contributed by atoms with Crippen molar-refractivity contribution < 1.29 is 23.9 Å². The van der Waals surface area contributed by atoms with Crippen molar-refractivity contribution in [1.82, 2.24) is 19.7 Å². The van der Waals surface area contributed by atoms with Gasteiger partial charge in [0, 0.05) is 35.5 Å². The van der Waals surface area contributed by atoms with E-state index in [9.17, 15) is 14.4 Å². The normalized spacial score (nSPS) is 15.7. The molecule has 1 saturated carbocycles. The van der Waals surface area contributed by atoms with E-state index < -0.39 is 17.2 Å². The highest BCUT2D eigenvalue weighted by molar-refractivity contribution is 7.22. The number of fused-ring (bicyclic) bond motifs is 2. The number of ether oxygens (including phenoxy) is 2. The SMILES string of the molecule is Cc1c(-c2ccc(N3CCc4cccc(C(=O)Nc5nc6ccccc6s5)c4C3)nc2C(=O)OC(C)(C)C)cnn1CC1(OCC=O)CCCCC1. The smallest absolute Gasteiger partial charge is 0.358 e. The highest BCUT2D eigenvalue weighted by Crippen LogP contribution is 2.36. The van der Waals surface area contributed by atoms with Gasteiger partial charge in [0.2, 0.25) is 0 Å². The van der Waals surface area contributed by atoms with E-state index in [1.165, 1.54) is 11.3 Å². The van der Waals surface area contributed by atoms with E-state index in [2.05, 4.69) is 21.3 Å². The first kappa shape index (κ1) is 35.5. The Morgan fingerprint density at radius 1 is 1.00 bits per heavy atom. The van der Waals surface area contributed by atoms with E-state index in [1.54, 1.807) is 6.20 Å². The van der Waals surface area contributed by atoms with Crippen LogP contribution >= 0.6 is 11.3 Å². The quantitative estimate of drug-likeness (QED) is 0.115. The lowest BCUT2D eigenvalue weighted by Gasteiger charge is -2.37. The Balaban J connectivity index is 1.18. The minimum atomic E-state index is -0.732. The molecule has 1 N–H and O–H groups in total. The van der Waals surface area contributed by atoms with Gasteiger partial charge < -0.3 is 19.2 Å². The summed E-state index contributed by atoms with van der Waals surface area (Å²) in [6.07, 6.45) is 8.23. The van der Waals surface area contributed by atoms with Crippen molar-refractivity contribution in [2.24, 2.45) is 0 Å². The molecular weight excluding hydrogens is 677 g/mol. The van der Waals surface area contributed by atoms with Crippen LogP contribution in [0.2, 0.25) is 0 Å². The minimum Gasteiger partial charge on any atom is -0.455 e. The van der Waals surface area contributed by atoms with Gasteiger partial charge >= 0.3 is 5.97 Å². The number of nitrogens with zero attached hydrogens (tertiary/aromatic N) is 5. The molecule has 0 bridgehead atoms. The van der Waals surface area contributed by atoms with Gasteiger partial charge in [0.1, 0.15) is 24.3 Å². The summed E-state index contributed by atoms with van der Waals surface area (Å²) in [6, 6.07) is 17.5. The van der Waals surface area contributed by atoms with E-state index in [0.717, 1.165) is 71.0 Å². The van der Waals surface area contributed by atoms with E-state index in [-0.39, 0.29) is 18.2 Å². The van der Waals surface area contributed by atoms with Gasteiger partial charge in [-0.2, -0.15) is 5.10 Å². The van der Waals surface area contributed by atoms with Crippen LogP contribution in [0.4, 0.5) is 10.9 Å². The number of amides is 1. The Morgan fingerprint density at radius 3 is 2.58 bits per heavy atom. The van der Waals surface area contributed by atoms with E-state index in [1.807, 2.05) is 80.9 Å². The molecule has 52 heavy (non-hydrogen) atoms. The molecule has 2 aromatic carbocycles. The highest BCUT2D eigenvalue weighted by atomic mass is 32.1. The third-order valence-electron chi connectivity index (χ3n) is 9.88. The summed E-state index contributed by atoms with van der Waals surface area (Å²) in [7, 11) is 0. The number of rotatable bonds is 10. The molecular formula is C40H44N6O5S. The van der Waals surface area contributed by atoms with Gasteiger partial charge in [-0.05, 0) is 88.4 Å². The van der Waals surface area contributed by atoms with E-state index in [0.29, 0.717) is 48.1 Å². The largest absolute Gasteiger partial charge is 0.455 e. The zero-order valence-corrected chi connectivity index (χ0v) is 30.9. The van der Waals surface area contributed by atoms with Crippen molar-refractivity contribution in [3.63, 3.8) is 0 Å². The maximum absolute atomic E-state index is 13.8. The first-order valence-corrected chi connectivity index (χ1v) is 18.7. The number of aromatic nitrogens is 4. The number of thiazole rings is 1. The minimum absolute atomic E-state index is 0.0532. The third-order valence-corrected chi connectivity index (χ3v) is 10.8. The van der Waals surface area contributed by atoms with Gasteiger partial charge in [-0.1, -0.05) is 54.9 Å². The molecule has 270 valence electrons. The number of carbonyl (C=O) groups excluding carboxylic acids is 3. The van der Waals surface area contributed by atoms with Crippen LogP contribution in [0.3, 0.4) is 0 Å². The second-order valence-electron chi connectivity index (χ2n) is 14.6. The van der Waals surface area contributed by atoms with Crippen molar-refractivity contribution >= 4 is 50.7 Å². The predicted octanol–water partition coefficient (Wildman–Crippen LogP) is 7.55. The molecule has 0 spiro atoms. The molecule has 1 aliphatic carbocycles. The fourth-order valence-corrected chi connectivity index (χ4v) is 8.16. The number of aldehydes is 1. The van der Waals surface area contributed by atoms with Crippen LogP contribution < -0.4 is 10.2 Å². The fraction of sp³-hybridized carbons (Fsp3) is 0.400. The number of anilines is 2. The van der Waals surface area contributed by atoms with Crippen molar-refractivity contribution in [3.05, 3.63) is 88.9 Å². The standard InChI is InChI=1S/C40H44N6O5S/c1-26-30(23-41-46(26)25-40(50-22-21-47)18-8-5-9-19-40)28-15-16-34(43-35(28)37(49)51-39(2,3)4)45-20-17-27-11-10-12-29(31(27)24-45)36(48)44-38-42-32-13-6-7-14-33(32)52-38/h6-7,10-16,21,23H,5,8-9,17-20,22,24-25H2,1-4H3,(H,42,44,48). The topological polar surface area (TPSA) is 129 Å². The second kappa shape index (κ2) is 14.6. The lowest BCUT2D eigenvalue weighted by Crippen LogP contribution is -2.40. The zero-order chi connectivity index (χ0) is 36.5. The average Bonchev–Trinajstić information content (AvgIpc) is 3.71. The maximum Gasteiger partial charge on any atom is 0.358 e. The number of hydrogen-bond acceptors (Lipinski definition) is 10. The van der Waals surface area contributed by atoms with Gasteiger partial charge in [0.25, 0.3) is 5.91 Å². The Kier molecular flexibility index (Phi) is 9.95. The first-order chi connectivity index (χ1) is 25.0. The van der Waals surface area contributed by atoms with Crippen LogP contribution in [0.1, 0.15) is 90.5 Å². The molecule has 5 aromatic rings. The number of carbonyl (C=O) groups is 3. The van der Waals surface area contributed by atoms with Gasteiger partial charge in [0.05, 0.1) is 28.6 Å². The lowest BCUT2D eigenvalue weighted by molar-refractivity contribution is -0.125. The number of benzene rings is 2. The maximum atomic E-state index is 13.8. The van der Waals surface area contributed by atoms with Crippen LogP contribution in [0.15, 0.2) is 60.8 Å².